The highest BCUT2D eigenvalue weighted by atomic mass is 16.5. The second-order valence-corrected chi connectivity index (χ2v) is 4.02. The molecule has 0 aliphatic rings. The second kappa shape index (κ2) is 8.04. The van der Waals surface area contributed by atoms with Gasteiger partial charge in [-0.1, -0.05) is 12.1 Å². The highest BCUT2D eigenvalue weighted by Gasteiger charge is 2.18. The van der Waals surface area contributed by atoms with Gasteiger partial charge in [0.15, 0.2) is 0 Å². The van der Waals surface area contributed by atoms with E-state index in [2.05, 4.69) is 5.32 Å². The molecule has 1 aromatic rings. The molecule has 0 saturated heterocycles. The zero-order chi connectivity index (χ0) is 15.0. The Balaban J connectivity index is 2.80. The molecule has 1 rings (SSSR count). The van der Waals surface area contributed by atoms with Crippen LogP contribution in [0.15, 0.2) is 24.3 Å². The van der Waals surface area contributed by atoms with Gasteiger partial charge in [-0.2, -0.15) is 0 Å². The van der Waals surface area contributed by atoms with Crippen LogP contribution in [-0.2, 0) is 9.53 Å². The average molecular weight is 281 g/mol. The quantitative estimate of drug-likeness (QED) is 0.801. The number of rotatable bonds is 7. The molecule has 0 radical (unpaired) electrons. The summed E-state index contributed by atoms with van der Waals surface area (Å²) in [6.07, 6.45) is -0.847. The Morgan fingerprint density at radius 1 is 1.20 bits per heavy atom. The van der Waals surface area contributed by atoms with Gasteiger partial charge < -0.3 is 19.9 Å². The highest BCUT2D eigenvalue weighted by molar-refractivity contribution is 5.71. The van der Waals surface area contributed by atoms with E-state index >= 15 is 0 Å². The molecular weight excluding hydrogens is 262 g/mol. The van der Waals surface area contributed by atoms with Crippen LogP contribution in [0.2, 0.25) is 0 Å². The van der Waals surface area contributed by atoms with Crippen molar-refractivity contribution in [3.63, 3.8) is 0 Å². The van der Waals surface area contributed by atoms with E-state index in [-0.39, 0.29) is 13.0 Å². The first kappa shape index (κ1) is 15.8. The topological polar surface area (TPSA) is 84.9 Å². The van der Waals surface area contributed by atoms with Crippen molar-refractivity contribution in [3.05, 3.63) is 29.8 Å². The zero-order valence-electron chi connectivity index (χ0n) is 11.6. The molecule has 0 fully saturated rings. The van der Waals surface area contributed by atoms with Gasteiger partial charge in [0.2, 0.25) is 0 Å². The Kier molecular flexibility index (Phi) is 6.36. The predicted molar refractivity (Wildman–Crippen MR) is 72.8 cm³/mol. The van der Waals surface area contributed by atoms with Crippen molar-refractivity contribution in [2.45, 2.75) is 26.3 Å². The number of nitrogens with one attached hydrogen (secondary N) is 1. The maximum absolute atomic E-state index is 11.4. The number of amides is 1. The summed E-state index contributed by atoms with van der Waals surface area (Å²) in [5.74, 6) is -0.304. The molecule has 0 aliphatic carbocycles. The monoisotopic (exact) mass is 281 g/mol. The first-order valence-corrected chi connectivity index (χ1v) is 6.44. The summed E-state index contributed by atoms with van der Waals surface area (Å²) in [5.41, 5.74) is 0.684. The van der Waals surface area contributed by atoms with Crippen LogP contribution in [0.1, 0.15) is 31.9 Å². The van der Waals surface area contributed by atoms with Crippen molar-refractivity contribution < 1.29 is 24.2 Å². The van der Waals surface area contributed by atoms with E-state index in [1.54, 1.807) is 31.2 Å². The molecule has 0 spiro atoms. The fourth-order valence-corrected chi connectivity index (χ4v) is 1.70. The first-order chi connectivity index (χ1) is 9.56. The average Bonchev–Trinajstić information content (AvgIpc) is 2.39. The van der Waals surface area contributed by atoms with Crippen LogP contribution in [0.25, 0.3) is 0 Å². The van der Waals surface area contributed by atoms with E-state index < -0.39 is 18.1 Å². The van der Waals surface area contributed by atoms with Gasteiger partial charge >= 0.3 is 12.1 Å². The summed E-state index contributed by atoms with van der Waals surface area (Å²) >= 11 is 0. The van der Waals surface area contributed by atoms with Gasteiger partial charge in [0.25, 0.3) is 0 Å². The third-order valence-corrected chi connectivity index (χ3v) is 2.54. The van der Waals surface area contributed by atoms with Crippen molar-refractivity contribution in [1.29, 1.82) is 0 Å². The Labute approximate surface area is 117 Å². The Morgan fingerprint density at radius 2 is 1.85 bits per heavy atom. The van der Waals surface area contributed by atoms with Gasteiger partial charge in [0.05, 0.1) is 25.7 Å². The number of carboxylic acids is 1. The molecule has 1 atom stereocenters. The minimum absolute atomic E-state index is 0.215. The normalized spacial score (nSPS) is 11.5. The highest BCUT2D eigenvalue weighted by Crippen LogP contribution is 2.20. The minimum Gasteiger partial charge on any atom is -0.494 e. The van der Waals surface area contributed by atoms with Crippen molar-refractivity contribution in [2.24, 2.45) is 0 Å². The van der Waals surface area contributed by atoms with E-state index in [0.29, 0.717) is 17.9 Å². The van der Waals surface area contributed by atoms with Gasteiger partial charge in [0, 0.05) is 0 Å². The maximum atomic E-state index is 11.4. The molecule has 0 aromatic heterocycles. The smallest absolute Gasteiger partial charge is 0.407 e. The third-order valence-electron chi connectivity index (χ3n) is 2.54. The van der Waals surface area contributed by atoms with Crippen LogP contribution < -0.4 is 10.1 Å². The molecule has 1 amide bonds. The van der Waals surface area contributed by atoms with Gasteiger partial charge in [0.1, 0.15) is 5.75 Å². The molecule has 0 aliphatic heterocycles. The number of carbonyl (C=O) groups excluding carboxylic acids is 1. The standard InChI is InChI=1S/C14H19NO5/c1-3-19-11-7-5-10(6-8-11)12(9-13(16)17)15-14(18)20-4-2/h5-8,12H,3-4,9H2,1-2H3,(H,15,18)(H,16,17)/t12-/m1/s1. The van der Waals surface area contributed by atoms with Crippen LogP contribution in [0.3, 0.4) is 0 Å². The molecule has 0 heterocycles. The van der Waals surface area contributed by atoms with E-state index in [0.717, 1.165) is 0 Å². The van der Waals surface area contributed by atoms with E-state index in [1.807, 2.05) is 6.92 Å². The number of hydrogen-bond acceptors (Lipinski definition) is 4. The fourth-order valence-electron chi connectivity index (χ4n) is 1.70. The molecule has 6 heteroatoms. The number of benzene rings is 1. The SMILES string of the molecule is CCOC(=O)N[C@H](CC(=O)O)c1ccc(OCC)cc1. The number of hydrogen-bond donors (Lipinski definition) is 2. The molecule has 2 N–H and O–H groups in total. The summed E-state index contributed by atoms with van der Waals surface area (Å²) in [7, 11) is 0. The molecular formula is C14H19NO5. The van der Waals surface area contributed by atoms with Crippen molar-refractivity contribution >= 4 is 12.1 Å². The molecule has 110 valence electrons. The van der Waals surface area contributed by atoms with Gasteiger partial charge in [-0.05, 0) is 31.5 Å². The lowest BCUT2D eigenvalue weighted by Crippen LogP contribution is -2.30. The second-order valence-electron chi connectivity index (χ2n) is 4.02. The number of carbonyl (C=O) groups is 2. The number of carboxylic acid groups (broad SMARTS) is 1. The van der Waals surface area contributed by atoms with Crippen LogP contribution in [0.5, 0.6) is 5.75 Å². The van der Waals surface area contributed by atoms with E-state index in [1.165, 1.54) is 0 Å². The number of ether oxygens (including phenoxy) is 2. The van der Waals surface area contributed by atoms with E-state index in [9.17, 15) is 9.59 Å². The summed E-state index contributed by atoms with van der Waals surface area (Å²) in [6, 6.07) is 6.29. The molecule has 20 heavy (non-hydrogen) atoms. The molecule has 0 unspecified atom stereocenters. The lowest BCUT2D eigenvalue weighted by Gasteiger charge is -2.17. The molecule has 6 nitrogen and oxygen atoms in total. The predicted octanol–water partition coefficient (Wildman–Crippen LogP) is 2.35. The Morgan fingerprint density at radius 3 is 2.35 bits per heavy atom. The minimum atomic E-state index is -0.999. The van der Waals surface area contributed by atoms with Gasteiger partial charge in [-0.15, -0.1) is 0 Å². The van der Waals surface area contributed by atoms with Crippen molar-refractivity contribution in [1.82, 2.24) is 5.32 Å². The van der Waals surface area contributed by atoms with Crippen LogP contribution >= 0.6 is 0 Å². The Hall–Kier alpha value is -2.24. The van der Waals surface area contributed by atoms with Crippen LogP contribution in [-0.4, -0.2) is 30.4 Å². The lowest BCUT2D eigenvalue weighted by atomic mass is 10.0. The van der Waals surface area contributed by atoms with Gasteiger partial charge in [-0.25, -0.2) is 4.79 Å². The van der Waals surface area contributed by atoms with Crippen molar-refractivity contribution in [3.8, 4) is 5.75 Å². The summed E-state index contributed by atoms with van der Waals surface area (Å²) < 4.78 is 10.1. The molecule has 0 saturated carbocycles. The Bertz CT molecular complexity index is 443. The summed E-state index contributed by atoms with van der Waals surface area (Å²) in [6.45, 7) is 4.35. The number of aliphatic carboxylic acids is 1. The summed E-state index contributed by atoms with van der Waals surface area (Å²) in [4.78, 5) is 22.3. The summed E-state index contributed by atoms with van der Waals surface area (Å²) in [5, 5.41) is 11.4. The molecule has 0 bridgehead atoms. The van der Waals surface area contributed by atoms with Crippen LogP contribution in [0, 0.1) is 0 Å². The van der Waals surface area contributed by atoms with E-state index in [4.69, 9.17) is 14.6 Å². The molecule has 1 aromatic carbocycles. The third kappa shape index (κ3) is 5.17. The zero-order valence-corrected chi connectivity index (χ0v) is 11.6. The van der Waals surface area contributed by atoms with Crippen molar-refractivity contribution in [2.75, 3.05) is 13.2 Å². The van der Waals surface area contributed by atoms with Crippen LogP contribution in [0.4, 0.5) is 4.79 Å². The largest absolute Gasteiger partial charge is 0.494 e. The fraction of sp³-hybridized carbons (Fsp3) is 0.429. The number of alkyl carbamates (subject to hydrolysis) is 1. The van der Waals surface area contributed by atoms with Gasteiger partial charge in [-0.3, -0.25) is 4.79 Å². The first-order valence-electron chi connectivity index (χ1n) is 6.44. The maximum Gasteiger partial charge on any atom is 0.407 e. The lowest BCUT2D eigenvalue weighted by molar-refractivity contribution is -0.137.